The first kappa shape index (κ1) is 14.0. The Hall–Kier alpha value is -1.45. The Bertz CT molecular complexity index is 546. The van der Waals surface area contributed by atoms with E-state index < -0.39 is 0 Å². The van der Waals surface area contributed by atoms with E-state index in [-0.39, 0.29) is 11.6 Å². The lowest BCUT2D eigenvalue weighted by atomic mass is 9.89. The van der Waals surface area contributed by atoms with Crippen molar-refractivity contribution in [2.45, 2.75) is 32.4 Å². The van der Waals surface area contributed by atoms with Crippen molar-refractivity contribution in [2.75, 3.05) is 13.7 Å². The zero-order valence-electron chi connectivity index (χ0n) is 12.1. The highest BCUT2D eigenvalue weighted by molar-refractivity contribution is 5.85. The number of aromatic nitrogens is 1. The van der Waals surface area contributed by atoms with E-state index >= 15 is 0 Å². The molecule has 1 aromatic heterocycles. The van der Waals surface area contributed by atoms with Crippen LogP contribution in [0.5, 0.6) is 0 Å². The lowest BCUT2D eigenvalue weighted by Crippen LogP contribution is -2.40. The number of nitrogens with zero attached hydrogens (tertiary/aromatic N) is 1. The maximum Gasteiger partial charge on any atom is 0.0816 e. The summed E-state index contributed by atoms with van der Waals surface area (Å²) in [5.41, 5.74) is 0.958. The Morgan fingerprint density at radius 1 is 1.32 bits per heavy atom. The van der Waals surface area contributed by atoms with Crippen LogP contribution in [0, 0.1) is 0 Å². The van der Waals surface area contributed by atoms with Crippen LogP contribution in [0.3, 0.4) is 0 Å². The Labute approximate surface area is 115 Å². The van der Waals surface area contributed by atoms with Gasteiger partial charge in [0.05, 0.1) is 11.6 Å². The molecule has 0 aliphatic carbocycles. The molecule has 0 saturated heterocycles. The second-order valence-corrected chi connectivity index (χ2v) is 5.24. The topological polar surface area (TPSA) is 34.2 Å². The van der Waals surface area contributed by atoms with Gasteiger partial charge in [-0.05, 0) is 37.4 Å². The third-order valence-electron chi connectivity index (χ3n) is 3.66. The quantitative estimate of drug-likeness (QED) is 0.893. The van der Waals surface area contributed by atoms with Crippen LogP contribution in [0.4, 0.5) is 0 Å². The molecule has 1 aromatic carbocycles. The van der Waals surface area contributed by atoms with Gasteiger partial charge in [0.1, 0.15) is 0 Å². The van der Waals surface area contributed by atoms with E-state index in [0.29, 0.717) is 0 Å². The molecule has 1 heterocycles. The Morgan fingerprint density at radius 2 is 2.11 bits per heavy atom. The van der Waals surface area contributed by atoms with Gasteiger partial charge in [-0.25, -0.2) is 0 Å². The molecule has 0 radical (unpaired) electrons. The Balaban J connectivity index is 2.56. The van der Waals surface area contributed by atoms with Crippen LogP contribution in [-0.2, 0) is 4.74 Å². The number of likely N-dealkylation sites (N-methyl/N-ethyl adjacent to an activating group) is 1. The zero-order valence-corrected chi connectivity index (χ0v) is 12.1. The molecule has 102 valence electrons. The molecule has 2 rings (SSSR count). The summed E-state index contributed by atoms with van der Waals surface area (Å²) >= 11 is 0. The van der Waals surface area contributed by atoms with Gasteiger partial charge < -0.3 is 10.1 Å². The largest absolute Gasteiger partial charge is 0.377 e. The van der Waals surface area contributed by atoms with Gasteiger partial charge in [-0.3, -0.25) is 4.98 Å². The molecule has 3 heteroatoms. The standard InChI is InChI=1S/C16H22N2O/c1-5-18-15(16(2,3)19-4)13-8-6-7-12-9-10-17-11-14(12)13/h6-11,15,18H,5H2,1-4H3. The lowest BCUT2D eigenvalue weighted by Gasteiger charge is -2.34. The third-order valence-corrected chi connectivity index (χ3v) is 3.66. The summed E-state index contributed by atoms with van der Waals surface area (Å²) in [7, 11) is 1.76. The minimum atomic E-state index is -0.278. The molecule has 0 bridgehead atoms. The first-order valence-corrected chi connectivity index (χ1v) is 6.71. The van der Waals surface area contributed by atoms with E-state index in [9.17, 15) is 0 Å². The van der Waals surface area contributed by atoms with Gasteiger partial charge >= 0.3 is 0 Å². The normalized spacial score (nSPS) is 13.7. The number of rotatable bonds is 5. The number of hydrogen-bond acceptors (Lipinski definition) is 3. The summed E-state index contributed by atoms with van der Waals surface area (Å²) in [6, 6.07) is 8.53. The Morgan fingerprint density at radius 3 is 2.79 bits per heavy atom. The second-order valence-electron chi connectivity index (χ2n) is 5.24. The number of nitrogens with one attached hydrogen (secondary N) is 1. The van der Waals surface area contributed by atoms with E-state index in [1.807, 2.05) is 18.5 Å². The fraction of sp³-hybridized carbons (Fsp3) is 0.438. The number of benzene rings is 1. The van der Waals surface area contributed by atoms with Crippen molar-refractivity contribution < 1.29 is 4.74 Å². The predicted molar refractivity (Wildman–Crippen MR) is 79.2 cm³/mol. The fourth-order valence-electron chi connectivity index (χ4n) is 2.44. The molecule has 0 amide bonds. The molecule has 0 fully saturated rings. The van der Waals surface area contributed by atoms with Crippen LogP contribution < -0.4 is 5.32 Å². The second kappa shape index (κ2) is 5.68. The minimum absolute atomic E-state index is 0.135. The minimum Gasteiger partial charge on any atom is -0.377 e. The summed E-state index contributed by atoms with van der Waals surface area (Å²) in [4.78, 5) is 4.26. The molecule has 0 spiro atoms. The molecule has 1 N–H and O–H groups in total. The summed E-state index contributed by atoms with van der Waals surface area (Å²) in [5, 5.41) is 5.92. The van der Waals surface area contributed by atoms with Crippen molar-refractivity contribution >= 4 is 10.8 Å². The van der Waals surface area contributed by atoms with Crippen molar-refractivity contribution in [3.05, 3.63) is 42.2 Å². The molecule has 0 aliphatic heterocycles. The molecule has 0 saturated carbocycles. The maximum atomic E-state index is 5.67. The van der Waals surface area contributed by atoms with Crippen LogP contribution in [0.1, 0.15) is 32.4 Å². The number of fused-ring (bicyclic) bond motifs is 1. The smallest absolute Gasteiger partial charge is 0.0816 e. The molecule has 1 unspecified atom stereocenters. The molecule has 0 aliphatic rings. The monoisotopic (exact) mass is 258 g/mol. The van der Waals surface area contributed by atoms with E-state index in [1.54, 1.807) is 7.11 Å². The number of ether oxygens (including phenoxy) is 1. The van der Waals surface area contributed by atoms with Gasteiger partial charge in [-0.1, -0.05) is 25.1 Å². The van der Waals surface area contributed by atoms with Crippen molar-refractivity contribution in [1.82, 2.24) is 10.3 Å². The van der Waals surface area contributed by atoms with E-state index in [0.717, 1.165) is 6.54 Å². The van der Waals surface area contributed by atoms with Gasteiger partial charge in [0.15, 0.2) is 0 Å². The summed E-state index contributed by atoms with van der Waals surface area (Å²) < 4.78 is 5.67. The van der Waals surface area contributed by atoms with Crippen molar-refractivity contribution in [3.63, 3.8) is 0 Å². The van der Waals surface area contributed by atoms with E-state index in [1.165, 1.54) is 16.3 Å². The summed E-state index contributed by atoms with van der Waals surface area (Å²) in [6.45, 7) is 7.22. The SMILES string of the molecule is CCNC(c1cccc2ccncc12)C(C)(C)OC. The Kier molecular flexibility index (Phi) is 4.17. The molecule has 2 aromatic rings. The average Bonchev–Trinajstić information content (AvgIpc) is 2.44. The lowest BCUT2D eigenvalue weighted by molar-refractivity contribution is -0.0103. The van der Waals surface area contributed by atoms with Gasteiger partial charge in [-0.2, -0.15) is 0 Å². The number of hydrogen-bond donors (Lipinski definition) is 1. The zero-order chi connectivity index (χ0) is 13.9. The van der Waals surface area contributed by atoms with Crippen LogP contribution in [0.15, 0.2) is 36.7 Å². The van der Waals surface area contributed by atoms with Gasteiger partial charge in [0, 0.05) is 24.9 Å². The van der Waals surface area contributed by atoms with Gasteiger partial charge in [-0.15, -0.1) is 0 Å². The molecule has 1 atom stereocenters. The highest BCUT2D eigenvalue weighted by Gasteiger charge is 2.31. The van der Waals surface area contributed by atoms with E-state index in [4.69, 9.17) is 4.74 Å². The summed E-state index contributed by atoms with van der Waals surface area (Å²) in [6.07, 6.45) is 3.76. The van der Waals surface area contributed by atoms with Crippen LogP contribution in [-0.4, -0.2) is 24.2 Å². The third kappa shape index (κ3) is 2.77. The highest BCUT2D eigenvalue weighted by Crippen LogP contribution is 2.32. The predicted octanol–water partition coefficient (Wildman–Crippen LogP) is 3.31. The number of methoxy groups -OCH3 is 1. The van der Waals surface area contributed by atoms with Gasteiger partial charge in [0.25, 0.3) is 0 Å². The van der Waals surface area contributed by atoms with Gasteiger partial charge in [0.2, 0.25) is 0 Å². The molecular formula is C16H22N2O. The molecule has 19 heavy (non-hydrogen) atoms. The average molecular weight is 258 g/mol. The first-order chi connectivity index (χ1) is 9.10. The number of pyridine rings is 1. The maximum absolute atomic E-state index is 5.67. The van der Waals surface area contributed by atoms with Crippen molar-refractivity contribution in [2.24, 2.45) is 0 Å². The van der Waals surface area contributed by atoms with Crippen LogP contribution in [0.2, 0.25) is 0 Å². The first-order valence-electron chi connectivity index (χ1n) is 6.71. The molecular weight excluding hydrogens is 236 g/mol. The van der Waals surface area contributed by atoms with Crippen molar-refractivity contribution in [1.29, 1.82) is 0 Å². The summed E-state index contributed by atoms with van der Waals surface area (Å²) in [5.74, 6) is 0. The van der Waals surface area contributed by atoms with Crippen molar-refractivity contribution in [3.8, 4) is 0 Å². The van der Waals surface area contributed by atoms with E-state index in [2.05, 4.69) is 49.3 Å². The van der Waals surface area contributed by atoms with Crippen LogP contribution >= 0.6 is 0 Å². The fourth-order valence-corrected chi connectivity index (χ4v) is 2.44. The molecule has 3 nitrogen and oxygen atoms in total. The van der Waals surface area contributed by atoms with Crippen LogP contribution in [0.25, 0.3) is 10.8 Å². The highest BCUT2D eigenvalue weighted by atomic mass is 16.5.